The Bertz CT molecular complexity index is 207. The third kappa shape index (κ3) is 3.44. The number of aliphatic hydroxyl groups is 2. The maximum Gasteiger partial charge on any atom is 0.0866 e. The van der Waals surface area contributed by atoms with Crippen molar-refractivity contribution in [2.45, 2.75) is 64.3 Å². The van der Waals surface area contributed by atoms with Crippen LogP contribution in [0.3, 0.4) is 0 Å². The van der Waals surface area contributed by atoms with E-state index in [2.05, 4.69) is 0 Å². The lowest BCUT2D eigenvalue weighted by molar-refractivity contribution is -0.0614. The van der Waals surface area contributed by atoms with E-state index in [9.17, 15) is 10.2 Å². The van der Waals surface area contributed by atoms with Crippen LogP contribution < -0.4 is 0 Å². The molecule has 4 unspecified atom stereocenters. The van der Waals surface area contributed by atoms with Gasteiger partial charge in [-0.2, -0.15) is 0 Å². The summed E-state index contributed by atoms with van der Waals surface area (Å²) in [6, 6.07) is 0. The summed E-state index contributed by atoms with van der Waals surface area (Å²) in [6.07, 6.45) is 2.14. The molecule has 15 heavy (non-hydrogen) atoms. The van der Waals surface area contributed by atoms with Gasteiger partial charge in [-0.05, 0) is 33.1 Å². The SMILES string of the molecule is CCC(C)(O)CC(C1CO1)C(C)(O)CC. The zero-order valence-corrected chi connectivity index (χ0v) is 10.3. The zero-order valence-electron chi connectivity index (χ0n) is 10.3. The van der Waals surface area contributed by atoms with Gasteiger partial charge < -0.3 is 14.9 Å². The molecule has 3 nitrogen and oxygen atoms in total. The molecule has 0 spiro atoms. The number of hydrogen-bond donors (Lipinski definition) is 2. The molecule has 1 saturated heterocycles. The Kier molecular flexibility index (Phi) is 3.80. The Hall–Kier alpha value is -0.120. The van der Waals surface area contributed by atoms with Crippen molar-refractivity contribution in [2.24, 2.45) is 5.92 Å². The standard InChI is InChI=1S/C12H24O3/c1-5-11(3,13)7-9(10-8-15-10)12(4,14)6-2/h9-10,13-14H,5-8H2,1-4H3. The van der Waals surface area contributed by atoms with E-state index < -0.39 is 11.2 Å². The maximum absolute atomic E-state index is 10.3. The van der Waals surface area contributed by atoms with Crippen LogP contribution >= 0.6 is 0 Å². The molecule has 0 aromatic heterocycles. The third-order valence-corrected chi connectivity index (χ3v) is 3.74. The van der Waals surface area contributed by atoms with Crippen molar-refractivity contribution in [3.8, 4) is 0 Å². The number of hydrogen-bond acceptors (Lipinski definition) is 3. The zero-order chi connectivity index (χ0) is 11.7. The fraction of sp³-hybridized carbons (Fsp3) is 1.00. The van der Waals surface area contributed by atoms with Crippen molar-refractivity contribution in [2.75, 3.05) is 6.61 Å². The summed E-state index contributed by atoms with van der Waals surface area (Å²) in [7, 11) is 0. The van der Waals surface area contributed by atoms with Gasteiger partial charge in [0.2, 0.25) is 0 Å². The van der Waals surface area contributed by atoms with E-state index >= 15 is 0 Å². The molecule has 1 rings (SSSR count). The Morgan fingerprint density at radius 2 is 1.80 bits per heavy atom. The minimum Gasteiger partial charge on any atom is -0.390 e. The van der Waals surface area contributed by atoms with Crippen molar-refractivity contribution in [3.63, 3.8) is 0 Å². The van der Waals surface area contributed by atoms with Crippen LogP contribution in [-0.4, -0.2) is 34.1 Å². The van der Waals surface area contributed by atoms with Crippen LogP contribution in [0.2, 0.25) is 0 Å². The molecule has 0 bridgehead atoms. The second kappa shape index (κ2) is 4.40. The van der Waals surface area contributed by atoms with Crippen LogP contribution in [0.15, 0.2) is 0 Å². The van der Waals surface area contributed by atoms with E-state index in [0.29, 0.717) is 19.3 Å². The molecule has 0 aliphatic carbocycles. The molecule has 0 saturated carbocycles. The Morgan fingerprint density at radius 3 is 2.13 bits per heavy atom. The van der Waals surface area contributed by atoms with E-state index in [1.807, 2.05) is 27.7 Å². The van der Waals surface area contributed by atoms with Gasteiger partial charge in [-0.1, -0.05) is 13.8 Å². The highest BCUT2D eigenvalue weighted by Gasteiger charge is 2.45. The van der Waals surface area contributed by atoms with E-state index in [1.54, 1.807) is 0 Å². The Balaban J connectivity index is 2.66. The molecule has 0 aromatic rings. The molecule has 1 heterocycles. The fourth-order valence-corrected chi connectivity index (χ4v) is 1.92. The average molecular weight is 216 g/mol. The molecule has 1 aliphatic heterocycles. The van der Waals surface area contributed by atoms with Gasteiger partial charge in [-0.15, -0.1) is 0 Å². The lowest BCUT2D eigenvalue weighted by atomic mass is 9.77. The van der Waals surface area contributed by atoms with Gasteiger partial charge >= 0.3 is 0 Å². The molecular weight excluding hydrogens is 192 g/mol. The van der Waals surface area contributed by atoms with Gasteiger partial charge in [0.25, 0.3) is 0 Å². The molecule has 1 aliphatic rings. The van der Waals surface area contributed by atoms with Crippen LogP contribution in [0.25, 0.3) is 0 Å². The Labute approximate surface area is 92.4 Å². The first-order valence-electron chi connectivity index (χ1n) is 5.88. The summed E-state index contributed by atoms with van der Waals surface area (Å²) in [6.45, 7) is 8.32. The van der Waals surface area contributed by atoms with E-state index in [1.165, 1.54) is 0 Å². The highest BCUT2D eigenvalue weighted by molar-refractivity contribution is 4.95. The second-order valence-electron chi connectivity index (χ2n) is 5.24. The topological polar surface area (TPSA) is 53.0 Å². The molecule has 0 amide bonds. The molecule has 4 atom stereocenters. The molecule has 0 aromatic carbocycles. The minimum absolute atomic E-state index is 0.0393. The summed E-state index contributed by atoms with van der Waals surface area (Å²) >= 11 is 0. The van der Waals surface area contributed by atoms with Crippen molar-refractivity contribution < 1.29 is 14.9 Å². The van der Waals surface area contributed by atoms with Gasteiger partial charge in [0.1, 0.15) is 0 Å². The minimum atomic E-state index is -0.736. The monoisotopic (exact) mass is 216 g/mol. The van der Waals surface area contributed by atoms with Gasteiger partial charge in [0.15, 0.2) is 0 Å². The fourth-order valence-electron chi connectivity index (χ4n) is 1.92. The van der Waals surface area contributed by atoms with Crippen molar-refractivity contribution >= 4 is 0 Å². The average Bonchev–Trinajstić information content (AvgIpc) is 2.97. The molecule has 1 fully saturated rings. The van der Waals surface area contributed by atoms with Crippen molar-refractivity contribution in [3.05, 3.63) is 0 Å². The van der Waals surface area contributed by atoms with E-state index in [4.69, 9.17) is 4.74 Å². The summed E-state index contributed by atoms with van der Waals surface area (Å²) in [5.74, 6) is 0.0393. The summed E-state index contributed by atoms with van der Waals surface area (Å²) < 4.78 is 5.28. The second-order valence-corrected chi connectivity index (χ2v) is 5.24. The molecule has 3 heteroatoms. The predicted molar refractivity (Wildman–Crippen MR) is 59.7 cm³/mol. The quantitative estimate of drug-likeness (QED) is 0.665. The number of epoxide rings is 1. The van der Waals surface area contributed by atoms with E-state index in [0.717, 1.165) is 6.61 Å². The first-order chi connectivity index (χ1) is 6.82. The van der Waals surface area contributed by atoms with Gasteiger partial charge in [-0.25, -0.2) is 0 Å². The van der Waals surface area contributed by atoms with Crippen LogP contribution in [-0.2, 0) is 4.74 Å². The lowest BCUT2D eigenvalue weighted by Crippen LogP contribution is -2.42. The smallest absolute Gasteiger partial charge is 0.0866 e. The maximum atomic E-state index is 10.3. The van der Waals surface area contributed by atoms with E-state index in [-0.39, 0.29) is 12.0 Å². The first kappa shape index (κ1) is 12.9. The summed E-state index contributed by atoms with van der Waals surface area (Å²) in [5.41, 5.74) is -1.43. The van der Waals surface area contributed by atoms with Gasteiger partial charge in [0.05, 0.1) is 23.9 Å². The van der Waals surface area contributed by atoms with Crippen LogP contribution in [0.1, 0.15) is 47.0 Å². The molecule has 0 radical (unpaired) electrons. The number of ether oxygens (including phenoxy) is 1. The highest BCUT2D eigenvalue weighted by atomic mass is 16.6. The largest absolute Gasteiger partial charge is 0.390 e. The third-order valence-electron chi connectivity index (χ3n) is 3.74. The van der Waals surface area contributed by atoms with Crippen LogP contribution in [0.4, 0.5) is 0 Å². The molecular formula is C12H24O3. The van der Waals surface area contributed by atoms with Crippen molar-refractivity contribution in [1.82, 2.24) is 0 Å². The first-order valence-corrected chi connectivity index (χ1v) is 5.88. The summed E-state index contributed by atoms with van der Waals surface area (Å²) in [5, 5.41) is 20.3. The predicted octanol–water partition coefficient (Wildman–Crippen LogP) is 1.71. The summed E-state index contributed by atoms with van der Waals surface area (Å²) in [4.78, 5) is 0. The highest BCUT2D eigenvalue weighted by Crippen LogP contribution is 2.38. The normalized spacial score (nSPS) is 30.4. The lowest BCUT2D eigenvalue weighted by Gasteiger charge is -2.35. The van der Waals surface area contributed by atoms with Gasteiger partial charge in [-0.3, -0.25) is 0 Å². The van der Waals surface area contributed by atoms with Crippen molar-refractivity contribution in [1.29, 1.82) is 0 Å². The molecule has 90 valence electrons. The van der Waals surface area contributed by atoms with Crippen LogP contribution in [0.5, 0.6) is 0 Å². The van der Waals surface area contributed by atoms with Gasteiger partial charge in [0, 0.05) is 5.92 Å². The number of rotatable bonds is 6. The molecule has 2 N–H and O–H groups in total. The van der Waals surface area contributed by atoms with Crippen LogP contribution in [0, 0.1) is 5.92 Å². The Morgan fingerprint density at radius 1 is 1.27 bits per heavy atom.